The highest BCUT2D eigenvalue weighted by molar-refractivity contribution is 7.17. The zero-order valence-corrected chi connectivity index (χ0v) is 17.5. The first-order valence-corrected chi connectivity index (χ1v) is 11.1. The third-order valence-corrected chi connectivity index (χ3v) is 6.43. The van der Waals surface area contributed by atoms with Crippen LogP contribution in [0.25, 0.3) is 0 Å². The van der Waals surface area contributed by atoms with Gasteiger partial charge in [-0.25, -0.2) is 4.79 Å². The maximum absolute atomic E-state index is 12.6. The summed E-state index contributed by atoms with van der Waals surface area (Å²) in [7, 11) is 0. The molecule has 0 fully saturated rings. The van der Waals surface area contributed by atoms with Crippen LogP contribution in [0.4, 0.5) is 5.00 Å². The van der Waals surface area contributed by atoms with E-state index in [4.69, 9.17) is 9.47 Å². The number of fused-ring (bicyclic) bond motifs is 1. The highest BCUT2D eigenvalue weighted by atomic mass is 32.1. The van der Waals surface area contributed by atoms with Crippen LogP contribution >= 0.6 is 22.7 Å². The molecule has 0 aliphatic heterocycles. The van der Waals surface area contributed by atoms with Crippen molar-refractivity contribution in [2.45, 2.75) is 52.1 Å². The number of aryl methyl sites for hydroxylation is 1. The summed E-state index contributed by atoms with van der Waals surface area (Å²) < 4.78 is 10.4. The summed E-state index contributed by atoms with van der Waals surface area (Å²) in [5.74, 6) is -1.33. The van der Waals surface area contributed by atoms with Gasteiger partial charge in [0.05, 0.1) is 18.6 Å². The van der Waals surface area contributed by atoms with Crippen LogP contribution < -0.4 is 5.32 Å². The fraction of sp³-hybridized carbons (Fsp3) is 0.450. The largest absolute Gasteiger partial charge is 0.462 e. The molecule has 28 heavy (non-hydrogen) atoms. The van der Waals surface area contributed by atoms with Gasteiger partial charge < -0.3 is 14.8 Å². The lowest BCUT2D eigenvalue weighted by molar-refractivity contribution is -0.152. The quantitative estimate of drug-likeness (QED) is 0.684. The summed E-state index contributed by atoms with van der Waals surface area (Å²) in [6.07, 6.45) is 2.96. The summed E-state index contributed by atoms with van der Waals surface area (Å²) in [6, 6.07) is 1.85. The summed E-state index contributed by atoms with van der Waals surface area (Å²) in [6.45, 7) is 3.55. The van der Waals surface area contributed by atoms with E-state index in [1.165, 1.54) is 29.6 Å². The molecule has 1 N–H and O–H groups in total. The third-order valence-electron chi connectivity index (χ3n) is 4.49. The summed E-state index contributed by atoms with van der Waals surface area (Å²) in [4.78, 5) is 38.2. The van der Waals surface area contributed by atoms with Crippen LogP contribution in [0.15, 0.2) is 16.8 Å². The highest BCUT2D eigenvalue weighted by Crippen LogP contribution is 2.38. The average molecular weight is 422 g/mol. The number of carbonyl (C=O) groups excluding carboxylic acids is 3. The van der Waals surface area contributed by atoms with E-state index in [2.05, 4.69) is 5.32 Å². The zero-order chi connectivity index (χ0) is 20.1. The second-order valence-electron chi connectivity index (χ2n) is 6.57. The number of nitrogens with one attached hydrogen (secondary N) is 1. The first-order chi connectivity index (χ1) is 13.5. The molecule has 150 valence electrons. The maximum atomic E-state index is 12.6. The molecule has 1 atom stereocenters. The van der Waals surface area contributed by atoms with Gasteiger partial charge in [-0.3, -0.25) is 9.59 Å². The number of hydrogen-bond donors (Lipinski definition) is 1. The Bertz CT molecular complexity index is 856. The molecule has 0 bridgehead atoms. The zero-order valence-electron chi connectivity index (χ0n) is 15.9. The fourth-order valence-electron chi connectivity index (χ4n) is 3.14. The topological polar surface area (TPSA) is 81.7 Å². The second-order valence-corrected chi connectivity index (χ2v) is 8.45. The van der Waals surface area contributed by atoms with Crippen LogP contribution in [0.2, 0.25) is 0 Å². The molecule has 1 amide bonds. The molecule has 0 saturated carbocycles. The van der Waals surface area contributed by atoms with Gasteiger partial charge in [0.2, 0.25) is 0 Å². The van der Waals surface area contributed by atoms with E-state index < -0.39 is 23.9 Å². The molecule has 3 rings (SSSR count). The Hall–Kier alpha value is -2.19. The Kier molecular flexibility index (Phi) is 6.85. The summed E-state index contributed by atoms with van der Waals surface area (Å²) >= 11 is 2.91. The van der Waals surface area contributed by atoms with Crippen molar-refractivity contribution in [1.29, 1.82) is 0 Å². The molecule has 8 heteroatoms. The molecular weight excluding hydrogens is 398 g/mol. The smallest absolute Gasteiger partial charge is 0.341 e. The molecule has 1 aliphatic carbocycles. The Morgan fingerprint density at radius 2 is 2.04 bits per heavy atom. The van der Waals surface area contributed by atoms with Gasteiger partial charge in [-0.05, 0) is 67.5 Å². The van der Waals surface area contributed by atoms with Gasteiger partial charge in [0.15, 0.2) is 6.10 Å². The van der Waals surface area contributed by atoms with E-state index in [9.17, 15) is 14.4 Å². The lowest BCUT2D eigenvalue weighted by Gasteiger charge is -2.14. The van der Waals surface area contributed by atoms with Crippen LogP contribution in [-0.4, -0.2) is 30.6 Å². The van der Waals surface area contributed by atoms with Crippen LogP contribution in [-0.2, 0) is 38.3 Å². The molecule has 0 aromatic carbocycles. The van der Waals surface area contributed by atoms with Gasteiger partial charge in [0, 0.05) is 4.88 Å². The minimum atomic E-state index is -0.958. The van der Waals surface area contributed by atoms with Crippen molar-refractivity contribution in [1.82, 2.24) is 0 Å². The van der Waals surface area contributed by atoms with Crippen molar-refractivity contribution >= 4 is 45.5 Å². The van der Waals surface area contributed by atoms with E-state index in [1.807, 2.05) is 16.8 Å². The maximum Gasteiger partial charge on any atom is 0.341 e. The highest BCUT2D eigenvalue weighted by Gasteiger charge is 2.28. The number of anilines is 1. The number of amides is 1. The predicted molar refractivity (Wildman–Crippen MR) is 109 cm³/mol. The van der Waals surface area contributed by atoms with Gasteiger partial charge in [-0.1, -0.05) is 0 Å². The van der Waals surface area contributed by atoms with Crippen LogP contribution in [0.5, 0.6) is 0 Å². The van der Waals surface area contributed by atoms with Crippen molar-refractivity contribution in [2.75, 3.05) is 11.9 Å². The summed E-state index contributed by atoms with van der Waals surface area (Å²) in [5.41, 5.74) is 2.29. The van der Waals surface area contributed by atoms with Crippen LogP contribution in [0, 0.1) is 0 Å². The minimum Gasteiger partial charge on any atom is -0.462 e. The molecule has 0 spiro atoms. The average Bonchev–Trinajstić information content (AvgIpc) is 3.28. The van der Waals surface area contributed by atoms with Crippen molar-refractivity contribution in [3.63, 3.8) is 0 Å². The molecule has 1 aliphatic rings. The van der Waals surface area contributed by atoms with Crippen LogP contribution in [0.3, 0.4) is 0 Å². The number of ether oxygens (including phenoxy) is 2. The van der Waals surface area contributed by atoms with Gasteiger partial charge in [0.25, 0.3) is 5.91 Å². The Morgan fingerprint density at radius 1 is 1.25 bits per heavy atom. The molecular formula is C20H23NO5S2. The first kappa shape index (κ1) is 20.5. The normalized spacial score (nSPS) is 14.1. The van der Waals surface area contributed by atoms with Crippen molar-refractivity contribution < 1.29 is 23.9 Å². The Morgan fingerprint density at radius 3 is 2.75 bits per heavy atom. The van der Waals surface area contributed by atoms with Crippen LogP contribution in [0.1, 0.15) is 53.1 Å². The number of esters is 2. The molecule has 0 saturated heterocycles. The molecule has 1 unspecified atom stereocenters. The number of rotatable bonds is 7. The van der Waals surface area contributed by atoms with Gasteiger partial charge >= 0.3 is 11.9 Å². The SMILES string of the molecule is CCOC(=O)c1c(NC(=O)C(C)OC(=O)Cc2ccsc2)sc2c1CCCC2. The van der Waals surface area contributed by atoms with Crippen molar-refractivity contribution in [3.8, 4) is 0 Å². The second kappa shape index (κ2) is 9.34. The lowest BCUT2D eigenvalue weighted by atomic mass is 9.95. The van der Waals surface area contributed by atoms with Gasteiger partial charge in [-0.15, -0.1) is 11.3 Å². The summed E-state index contributed by atoms with van der Waals surface area (Å²) in [5, 5.41) is 7.01. The van der Waals surface area contributed by atoms with Crippen molar-refractivity contribution in [2.24, 2.45) is 0 Å². The van der Waals surface area contributed by atoms with E-state index in [0.717, 1.165) is 41.7 Å². The minimum absolute atomic E-state index is 0.127. The Balaban J connectivity index is 1.69. The Labute approximate surface area is 171 Å². The lowest BCUT2D eigenvalue weighted by Crippen LogP contribution is -2.30. The molecule has 2 aromatic rings. The number of carbonyl (C=O) groups is 3. The number of thiophene rings is 2. The number of hydrogen-bond acceptors (Lipinski definition) is 7. The van der Waals surface area contributed by atoms with Crippen molar-refractivity contribution in [3.05, 3.63) is 38.4 Å². The fourth-order valence-corrected chi connectivity index (χ4v) is 5.09. The molecule has 0 radical (unpaired) electrons. The van der Waals surface area contributed by atoms with E-state index in [1.54, 1.807) is 6.92 Å². The van der Waals surface area contributed by atoms with Gasteiger partial charge in [0.1, 0.15) is 5.00 Å². The monoisotopic (exact) mass is 421 g/mol. The molecule has 6 nitrogen and oxygen atoms in total. The van der Waals surface area contributed by atoms with E-state index >= 15 is 0 Å². The predicted octanol–water partition coefficient (Wildman–Crippen LogP) is 3.98. The first-order valence-electron chi connectivity index (χ1n) is 9.32. The third kappa shape index (κ3) is 4.80. The molecule has 2 aromatic heterocycles. The van der Waals surface area contributed by atoms with E-state index in [-0.39, 0.29) is 13.0 Å². The standard InChI is InChI=1S/C20H23NO5S2/c1-3-25-20(24)17-14-6-4-5-7-15(14)28-19(17)21-18(23)12(2)26-16(22)10-13-8-9-27-11-13/h8-9,11-12H,3-7,10H2,1-2H3,(H,21,23). The van der Waals surface area contributed by atoms with E-state index in [0.29, 0.717) is 10.6 Å². The molecule has 2 heterocycles. The van der Waals surface area contributed by atoms with Gasteiger partial charge in [-0.2, -0.15) is 11.3 Å².